The Hall–Kier alpha value is -2.21. The first kappa shape index (κ1) is 14.2. The average molecular weight is 290 g/mol. The summed E-state index contributed by atoms with van der Waals surface area (Å²) >= 11 is 1.50. The summed E-state index contributed by atoms with van der Waals surface area (Å²) in [6.45, 7) is 0.376. The Morgan fingerprint density at radius 3 is 2.55 bits per heavy atom. The minimum Gasteiger partial charge on any atom is -0.508 e. The number of carboxylic acid groups (broad SMARTS) is 1. The van der Waals surface area contributed by atoms with E-state index in [9.17, 15) is 9.90 Å². The molecule has 5 nitrogen and oxygen atoms in total. The lowest BCUT2D eigenvalue weighted by molar-refractivity contribution is 0.194. The number of pyridine rings is 1. The number of aromatic nitrogens is 1. The molecule has 0 bridgehead atoms. The number of nitrogens with one attached hydrogen (secondary N) is 1. The second-order valence-electron chi connectivity index (χ2n) is 4.08. The summed E-state index contributed by atoms with van der Waals surface area (Å²) in [5.41, 5.74) is 0.980. The van der Waals surface area contributed by atoms with Crippen LogP contribution in [-0.4, -0.2) is 27.8 Å². The summed E-state index contributed by atoms with van der Waals surface area (Å²) < 4.78 is 0. The van der Waals surface area contributed by atoms with Crippen molar-refractivity contribution in [3.63, 3.8) is 0 Å². The minimum absolute atomic E-state index is 0.239. The quantitative estimate of drug-likeness (QED) is 0.788. The first-order valence-electron chi connectivity index (χ1n) is 6.02. The van der Waals surface area contributed by atoms with Crippen molar-refractivity contribution < 1.29 is 15.0 Å². The van der Waals surface area contributed by atoms with E-state index in [4.69, 9.17) is 5.11 Å². The number of hydrogen-bond acceptors (Lipinski definition) is 4. The van der Waals surface area contributed by atoms with Crippen molar-refractivity contribution in [2.45, 2.75) is 16.3 Å². The summed E-state index contributed by atoms with van der Waals surface area (Å²) in [4.78, 5) is 15.6. The van der Waals surface area contributed by atoms with Crippen LogP contribution >= 0.6 is 11.8 Å². The topological polar surface area (TPSA) is 82.5 Å². The van der Waals surface area contributed by atoms with E-state index in [1.807, 2.05) is 24.3 Å². The second kappa shape index (κ2) is 6.81. The third-order valence-electron chi connectivity index (χ3n) is 2.55. The number of benzene rings is 1. The molecule has 0 fully saturated rings. The van der Waals surface area contributed by atoms with Gasteiger partial charge in [-0.05, 0) is 42.3 Å². The predicted octanol–water partition coefficient (Wildman–Crippen LogP) is 2.75. The summed E-state index contributed by atoms with van der Waals surface area (Å²) in [6, 6.07) is 10.7. The molecule has 0 saturated heterocycles. The molecule has 1 amide bonds. The third-order valence-corrected chi connectivity index (χ3v) is 3.51. The van der Waals surface area contributed by atoms with Gasteiger partial charge in [0, 0.05) is 17.6 Å². The Morgan fingerprint density at radius 2 is 1.95 bits per heavy atom. The van der Waals surface area contributed by atoms with Crippen LogP contribution in [0, 0.1) is 0 Å². The Morgan fingerprint density at radius 1 is 1.20 bits per heavy atom. The molecule has 2 rings (SSSR count). The molecule has 0 saturated carbocycles. The van der Waals surface area contributed by atoms with Gasteiger partial charge in [-0.3, -0.25) is 0 Å². The molecule has 0 radical (unpaired) electrons. The Balaban J connectivity index is 1.91. The zero-order valence-corrected chi connectivity index (χ0v) is 11.4. The van der Waals surface area contributed by atoms with Crippen LogP contribution in [-0.2, 0) is 6.42 Å². The molecule has 0 atom stereocenters. The van der Waals surface area contributed by atoms with Crippen molar-refractivity contribution in [3.8, 4) is 5.75 Å². The maximum Gasteiger partial charge on any atom is 0.404 e. The summed E-state index contributed by atoms with van der Waals surface area (Å²) in [6.07, 6.45) is 1.34. The van der Waals surface area contributed by atoms with Crippen molar-refractivity contribution in [2.75, 3.05) is 6.54 Å². The average Bonchev–Trinajstić information content (AvgIpc) is 2.43. The number of phenolic OH excluding ortho intramolecular Hbond substituents is 1. The minimum atomic E-state index is -1.02. The van der Waals surface area contributed by atoms with Gasteiger partial charge in [0.05, 0.1) is 0 Å². The first-order chi connectivity index (χ1) is 9.63. The fourth-order valence-electron chi connectivity index (χ4n) is 1.57. The van der Waals surface area contributed by atoms with Crippen molar-refractivity contribution >= 4 is 17.9 Å². The zero-order chi connectivity index (χ0) is 14.4. The highest BCUT2D eigenvalue weighted by Gasteiger charge is 2.01. The number of nitrogens with zero attached hydrogens (tertiary/aromatic N) is 1. The molecule has 6 heteroatoms. The zero-order valence-electron chi connectivity index (χ0n) is 10.6. The molecule has 0 aliphatic heterocycles. The summed E-state index contributed by atoms with van der Waals surface area (Å²) in [5.74, 6) is 0.239. The molecular formula is C14H14N2O3S. The highest BCUT2D eigenvalue weighted by Crippen LogP contribution is 2.27. The Labute approximate surface area is 120 Å². The van der Waals surface area contributed by atoms with Gasteiger partial charge >= 0.3 is 6.09 Å². The van der Waals surface area contributed by atoms with Gasteiger partial charge in [-0.15, -0.1) is 0 Å². The van der Waals surface area contributed by atoms with Gasteiger partial charge in [0.25, 0.3) is 0 Å². The normalized spacial score (nSPS) is 10.2. The van der Waals surface area contributed by atoms with Gasteiger partial charge in [-0.2, -0.15) is 0 Å². The fourth-order valence-corrected chi connectivity index (χ4v) is 2.32. The fraction of sp³-hybridized carbons (Fsp3) is 0.143. The molecule has 1 aromatic carbocycles. The van der Waals surface area contributed by atoms with Crippen molar-refractivity contribution in [2.24, 2.45) is 0 Å². The van der Waals surface area contributed by atoms with E-state index in [1.165, 1.54) is 11.8 Å². The molecule has 1 aromatic heterocycles. The van der Waals surface area contributed by atoms with E-state index < -0.39 is 6.09 Å². The first-order valence-corrected chi connectivity index (χ1v) is 6.84. The van der Waals surface area contributed by atoms with Crippen LogP contribution in [0.4, 0.5) is 4.79 Å². The predicted molar refractivity (Wildman–Crippen MR) is 76.2 cm³/mol. The lowest BCUT2D eigenvalue weighted by atomic mass is 10.2. The Bertz CT molecular complexity index is 570. The molecular weight excluding hydrogens is 276 g/mol. The van der Waals surface area contributed by atoms with Crippen molar-refractivity contribution in [1.82, 2.24) is 10.3 Å². The van der Waals surface area contributed by atoms with Gasteiger partial charge in [0.2, 0.25) is 0 Å². The highest BCUT2D eigenvalue weighted by atomic mass is 32.2. The van der Waals surface area contributed by atoms with Crippen LogP contribution in [0.15, 0.2) is 52.5 Å². The van der Waals surface area contributed by atoms with Gasteiger partial charge in [0.1, 0.15) is 10.8 Å². The standard InChI is InChI=1S/C14H14N2O3S/c17-11-2-4-12(5-3-11)20-13-6-1-10(9-16-13)7-8-15-14(18)19/h1-6,9,15,17H,7-8H2,(H,18,19). The van der Waals surface area contributed by atoms with E-state index in [2.05, 4.69) is 10.3 Å². The highest BCUT2D eigenvalue weighted by molar-refractivity contribution is 7.99. The lowest BCUT2D eigenvalue weighted by Crippen LogP contribution is -2.23. The van der Waals surface area contributed by atoms with Crippen LogP contribution in [0.2, 0.25) is 0 Å². The molecule has 1 heterocycles. The van der Waals surface area contributed by atoms with Crippen LogP contribution in [0.5, 0.6) is 5.75 Å². The molecule has 2 aromatic rings. The maximum atomic E-state index is 10.3. The molecule has 3 N–H and O–H groups in total. The van der Waals surface area contributed by atoms with E-state index >= 15 is 0 Å². The van der Waals surface area contributed by atoms with Gasteiger partial charge in [0.15, 0.2) is 0 Å². The monoisotopic (exact) mass is 290 g/mol. The van der Waals surface area contributed by atoms with Crippen LogP contribution < -0.4 is 5.32 Å². The lowest BCUT2D eigenvalue weighted by Gasteiger charge is -2.04. The smallest absolute Gasteiger partial charge is 0.404 e. The van der Waals surface area contributed by atoms with Gasteiger partial charge < -0.3 is 15.5 Å². The molecule has 0 unspecified atom stereocenters. The van der Waals surface area contributed by atoms with Crippen molar-refractivity contribution in [1.29, 1.82) is 0 Å². The SMILES string of the molecule is O=C(O)NCCc1ccc(Sc2ccc(O)cc2)nc1. The second-order valence-corrected chi connectivity index (χ2v) is 5.18. The van der Waals surface area contributed by atoms with E-state index in [0.717, 1.165) is 15.5 Å². The van der Waals surface area contributed by atoms with Crippen LogP contribution in [0.25, 0.3) is 0 Å². The molecule has 0 spiro atoms. The molecule has 20 heavy (non-hydrogen) atoms. The number of carbonyl (C=O) groups is 1. The number of hydrogen-bond donors (Lipinski definition) is 3. The summed E-state index contributed by atoms with van der Waals surface area (Å²) in [5, 5.41) is 20.8. The Kier molecular flexibility index (Phi) is 4.84. The van der Waals surface area contributed by atoms with Gasteiger partial charge in [-0.1, -0.05) is 17.8 Å². The number of phenols is 1. The van der Waals surface area contributed by atoms with E-state index in [1.54, 1.807) is 18.3 Å². The maximum absolute atomic E-state index is 10.3. The van der Waals surface area contributed by atoms with Crippen molar-refractivity contribution in [3.05, 3.63) is 48.2 Å². The number of aromatic hydroxyl groups is 1. The number of amides is 1. The van der Waals surface area contributed by atoms with Crippen LogP contribution in [0.3, 0.4) is 0 Å². The van der Waals surface area contributed by atoms with Gasteiger partial charge in [-0.25, -0.2) is 9.78 Å². The number of rotatable bonds is 5. The molecule has 0 aliphatic rings. The van der Waals surface area contributed by atoms with E-state index in [-0.39, 0.29) is 5.75 Å². The summed E-state index contributed by atoms with van der Waals surface area (Å²) in [7, 11) is 0. The van der Waals surface area contributed by atoms with Crippen LogP contribution in [0.1, 0.15) is 5.56 Å². The third kappa shape index (κ3) is 4.47. The van der Waals surface area contributed by atoms with E-state index in [0.29, 0.717) is 13.0 Å². The molecule has 104 valence electrons. The molecule has 0 aliphatic carbocycles. The largest absolute Gasteiger partial charge is 0.508 e.